The van der Waals surface area contributed by atoms with Crippen molar-refractivity contribution in [2.75, 3.05) is 25.0 Å². The Kier molecular flexibility index (Phi) is 4.35. The molecule has 1 fully saturated rings. The molecule has 0 unspecified atom stereocenters. The number of hydrogen-bond acceptors (Lipinski definition) is 3. The molecule has 5 nitrogen and oxygen atoms in total. The summed E-state index contributed by atoms with van der Waals surface area (Å²) in [6.07, 6.45) is -4.81. The highest BCUT2D eigenvalue weighted by molar-refractivity contribution is 5.91. The van der Waals surface area contributed by atoms with E-state index in [1.807, 2.05) is 0 Å². The van der Waals surface area contributed by atoms with Crippen molar-refractivity contribution in [1.82, 2.24) is 4.90 Å². The predicted octanol–water partition coefficient (Wildman–Crippen LogP) is 2.49. The van der Waals surface area contributed by atoms with E-state index in [9.17, 15) is 22.8 Å². The van der Waals surface area contributed by atoms with E-state index in [0.29, 0.717) is 13.2 Å². The average molecular weight is 302 g/mol. The van der Waals surface area contributed by atoms with Crippen LogP contribution in [0.15, 0.2) is 24.3 Å². The van der Waals surface area contributed by atoms with Gasteiger partial charge in [-0.25, -0.2) is 4.79 Å². The highest BCUT2D eigenvalue weighted by Gasteiger charge is 2.30. The predicted molar refractivity (Wildman–Crippen MR) is 67.6 cm³/mol. The maximum Gasteiger partial charge on any atom is 0.416 e. The third kappa shape index (κ3) is 4.11. The molecule has 0 saturated carbocycles. The van der Waals surface area contributed by atoms with Gasteiger partial charge in [0.05, 0.1) is 12.1 Å². The summed E-state index contributed by atoms with van der Waals surface area (Å²) in [6, 6.07) is 4.16. The molecule has 1 N–H and O–H groups in total. The van der Waals surface area contributed by atoms with Crippen molar-refractivity contribution in [2.24, 2.45) is 0 Å². The second kappa shape index (κ2) is 6.02. The number of amides is 2. The first-order chi connectivity index (χ1) is 9.86. The second-order valence-corrected chi connectivity index (χ2v) is 4.47. The van der Waals surface area contributed by atoms with E-state index in [0.717, 1.165) is 12.1 Å². The van der Waals surface area contributed by atoms with Gasteiger partial charge in [0.25, 0.3) is 0 Å². The van der Waals surface area contributed by atoms with Gasteiger partial charge in [0.2, 0.25) is 5.91 Å². The van der Waals surface area contributed by atoms with Gasteiger partial charge < -0.3 is 15.0 Å². The number of ether oxygens (including phenoxy) is 1. The lowest BCUT2D eigenvalue weighted by Crippen LogP contribution is -2.28. The molecule has 1 aliphatic heterocycles. The summed E-state index contributed by atoms with van der Waals surface area (Å²) >= 11 is 0. The zero-order valence-corrected chi connectivity index (χ0v) is 10.9. The van der Waals surface area contributed by atoms with Crippen LogP contribution in [0.25, 0.3) is 0 Å². The lowest BCUT2D eigenvalue weighted by Gasteiger charge is -2.12. The molecule has 1 aliphatic rings. The third-order valence-electron chi connectivity index (χ3n) is 2.95. The van der Waals surface area contributed by atoms with Crippen LogP contribution < -0.4 is 5.32 Å². The Bertz CT molecular complexity index is 528. The number of rotatable bonds is 4. The van der Waals surface area contributed by atoms with Gasteiger partial charge >= 0.3 is 12.3 Å². The Labute approximate surface area is 118 Å². The molecule has 1 aromatic carbocycles. The minimum absolute atomic E-state index is 0.0517. The van der Waals surface area contributed by atoms with Crippen LogP contribution in [0, 0.1) is 0 Å². The molecule has 21 heavy (non-hydrogen) atoms. The number of carbonyl (C=O) groups is 2. The summed E-state index contributed by atoms with van der Waals surface area (Å²) in [5.41, 5.74) is -0.502. The number of benzene rings is 1. The highest BCUT2D eigenvalue weighted by Crippen LogP contribution is 2.29. The van der Waals surface area contributed by atoms with Gasteiger partial charge in [-0.1, -0.05) is 0 Å². The number of anilines is 1. The van der Waals surface area contributed by atoms with Crippen molar-refractivity contribution in [3.05, 3.63) is 29.8 Å². The second-order valence-electron chi connectivity index (χ2n) is 4.47. The van der Waals surface area contributed by atoms with Crippen molar-refractivity contribution in [2.45, 2.75) is 12.6 Å². The Morgan fingerprint density at radius 1 is 1.29 bits per heavy atom. The van der Waals surface area contributed by atoms with E-state index >= 15 is 0 Å². The normalized spacial score (nSPS) is 15.0. The van der Waals surface area contributed by atoms with Gasteiger partial charge in [-0.3, -0.25) is 4.79 Å². The molecule has 2 rings (SSSR count). The Hall–Kier alpha value is -2.25. The van der Waals surface area contributed by atoms with Gasteiger partial charge in [0, 0.05) is 18.7 Å². The SMILES string of the molecule is O=C(CCN1CCOC1=O)Nc1ccc(C(F)(F)F)cc1. The van der Waals surface area contributed by atoms with Crippen molar-refractivity contribution < 1.29 is 27.5 Å². The topological polar surface area (TPSA) is 58.6 Å². The first kappa shape index (κ1) is 15.1. The Balaban J connectivity index is 1.83. The van der Waals surface area contributed by atoms with Gasteiger partial charge in [0.15, 0.2) is 0 Å². The molecular weight excluding hydrogens is 289 g/mol. The Morgan fingerprint density at radius 2 is 1.95 bits per heavy atom. The molecule has 0 aromatic heterocycles. The van der Waals surface area contributed by atoms with Gasteiger partial charge in [-0.15, -0.1) is 0 Å². The summed E-state index contributed by atoms with van der Waals surface area (Å²) < 4.78 is 41.8. The number of nitrogens with zero attached hydrogens (tertiary/aromatic N) is 1. The molecule has 8 heteroatoms. The van der Waals surface area contributed by atoms with E-state index in [1.54, 1.807) is 0 Å². The maximum absolute atomic E-state index is 12.4. The largest absolute Gasteiger partial charge is 0.448 e. The first-order valence-electron chi connectivity index (χ1n) is 6.25. The van der Waals surface area contributed by atoms with Crippen LogP contribution in [0.5, 0.6) is 0 Å². The number of halogens is 3. The van der Waals surface area contributed by atoms with Crippen LogP contribution in [0.3, 0.4) is 0 Å². The Morgan fingerprint density at radius 3 is 2.48 bits per heavy atom. The van der Waals surface area contributed by atoms with Gasteiger partial charge in [-0.05, 0) is 24.3 Å². The molecule has 1 heterocycles. The van der Waals surface area contributed by atoms with Crippen molar-refractivity contribution >= 4 is 17.7 Å². The van der Waals surface area contributed by atoms with Crippen molar-refractivity contribution in [1.29, 1.82) is 0 Å². The van der Waals surface area contributed by atoms with Crippen LogP contribution in [-0.4, -0.2) is 36.6 Å². The minimum atomic E-state index is -4.40. The molecular formula is C13H13F3N2O3. The standard InChI is InChI=1S/C13H13F3N2O3/c14-13(15,16)9-1-3-10(4-2-9)17-11(19)5-6-18-7-8-21-12(18)20/h1-4H,5-8H2,(H,17,19). The fourth-order valence-electron chi connectivity index (χ4n) is 1.83. The molecule has 1 saturated heterocycles. The number of alkyl halides is 3. The lowest BCUT2D eigenvalue weighted by atomic mass is 10.2. The van der Waals surface area contributed by atoms with E-state index in [4.69, 9.17) is 4.74 Å². The summed E-state index contributed by atoms with van der Waals surface area (Å²) in [7, 11) is 0. The zero-order valence-electron chi connectivity index (χ0n) is 10.9. The molecule has 0 atom stereocenters. The monoisotopic (exact) mass is 302 g/mol. The fraction of sp³-hybridized carbons (Fsp3) is 0.385. The van der Waals surface area contributed by atoms with Crippen LogP contribution in [0.4, 0.5) is 23.7 Å². The van der Waals surface area contributed by atoms with Crippen molar-refractivity contribution in [3.8, 4) is 0 Å². The van der Waals surface area contributed by atoms with E-state index in [1.165, 1.54) is 17.0 Å². The van der Waals surface area contributed by atoms with Crippen LogP contribution in [-0.2, 0) is 15.7 Å². The molecule has 0 spiro atoms. The molecule has 114 valence electrons. The van der Waals surface area contributed by atoms with Crippen LogP contribution in [0.2, 0.25) is 0 Å². The quantitative estimate of drug-likeness (QED) is 0.929. The van der Waals surface area contributed by atoms with E-state index in [-0.39, 0.29) is 24.6 Å². The summed E-state index contributed by atoms with van der Waals surface area (Å²) in [6.45, 7) is 0.955. The molecule has 0 aliphatic carbocycles. The number of hydrogen-bond donors (Lipinski definition) is 1. The van der Waals surface area contributed by atoms with Crippen molar-refractivity contribution in [3.63, 3.8) is 0 Å². The van der Waals surface area contributed by atoms with Crippen LogP contribution >= 0.6 is 0 Å². The minimum Gasteiger partial charge on any atom is -0.448 e. The molecule has 1 aromatic rings. The summed E-state index contributed by atoms with van der Waals surface area (Å²) in [4.78, 5) is 24.2. The van der Waals surface area contributed by atoms with E-state index in [2.05, 4.69) is 5.32 Å². The van der Waals surface area contributed by atoms with Crippen LogP contribution in [0.1, 0.15) is 12.0 Å². The molecule has 2 amide bonds. The lowest BCUT2D eigenvalue weighted by molar-refractivity contribution is -0.137. The van der Waals surface area contributed by atoms with E-state index < -0.39 is 17.8 Å². The number of nitrogens with one attached hydrogen (secondary N) is 1. The maximum atomic E-state index is 12.4. The number of cyclic esters (lactones) is 1. The molecule has 0 radical (unpaired) electrons. The smallest absolute Gasteiger partial charge is 0.416 e. The van der Waals surface area contributed by atoms with Gasteiger partial charge in [-0.2, -0.15) is 13.2 Å². The molecule has 0 bridgehead atoms. The number of carbonyl (C=O) groups excluding carboxylic acids is 2. The summed E-state index contributed by atoms with van der Waals surface area (Å²) in [5.74, 6) is -0.380. The average Bonchev–Trinajstić information content (AvgIpc) is 2.81. The third-order valence-corrected chi connectivity index (χ3v) is 2.95. The van der Waals surface area contributed by atoms with Gasteiger partial charge in [0.1, 0.15) is 6.61 Å². The summed E-state index contributed by atoms with van der Waals surface area (Å²) in [5, 5.41) is 2.47. The highest BCUT2D eigenvalue weighted by atomic mass is 19.4. The fourth-order valence-corrected chi connectivity index (χ4v) is 1.83. The zero-order chi connectivity index (χ0) is 15.5. The first-order valence-corrected chi connectivity index (χ1v) is 6.25.